The minimum Gasteiger partial charge on any atom is -0.345 e. The standard InChI is InChI=1S/C23H24F3N5O/c1-12-8-14(16-2-5-29-22-19(16)15(10-27)11-30-22)9-17(24)18(12)13-3-6-31(7-4-13)23(32)20(28)21(25)26/h2,5,8-11,13,20-21,27H,3-4,6-7,28H2,1H3,(H,29,30). The van der Waals surface area contributed by atoms with Gasteiger partial charge in [0.15, 0.2) is 0 Å². The van der Waals surface area contributed by atoms with Gasteiger partial charge >= 0.3 is 0 Å². The van der Waals surface area contributed by atoms with E-state index in [4.69, 9.17) is 11.1 Å². The molecule has 4 N–H and O–H groups in total. The molecule has 1 unspecified atom stereocenters. The zero-order chi connectivity index (χ0) is 23.0. The number of aromatic amines is 1. The highest BCUT2D eigenvalue weighted by atomic mass is 19.3. The lowest BCUT2D eigenvalue weighted by molar-refractivity contribution is -0.137. The fourth-order valence-electron chi connectivity index (χ4n) is 4.57. The second-order valence-electron chi connectivity index (χ2n) is 8.12. The minimum absolute atomic E-state index is 0.113. The van der Waals surface area contributed by atoms with Gasteiger partial charge in [-0.15, -0.1) is 0 Å². The van der Waals surface area contributed by atoms with Gasteiger partial charge in [-0.1, -0.05) is 6.07 Å². The fraction of sp³-hybridized carbons (Fsp3) is 0.348. The van der Waals surface area contributed by atoms with Crippen molar-refractivity contribution in [1.82, 2.24) is 14.9 Å². The van der Waals surface area contributed by atoms with Crippen molar-refractivity contribution in [2.24, 2.45) is 5.73 Å². The van der Waals surface area contributed by atoms with Gasteiger partial charge in [-0.2, -0.15) is 0 Å². The van der Waals surface area contributed by atoms with Crippen LogP contribution in [0.2, 0.25) is 0 Å². The third-order valence-corrected chi connectivity index (χ3v) is 6.18. The maximum Gasteiger partial charge on any atom is 0.262 e. The van der Waals surface area contributed by atoms with Gasteiger partial charge in [0.1, 0.15) is 17.5 Å². The molecular weight excluding hydrogens is 419 g/mol. The molecule has 1 fully saturated rings. The van der Waals surface area contributed by atoms with Crippen molar-refractivity contribution in [3.05, 3.63) is 53.1 Å². The molecule has 32 heavy (non-hydrogen) atoms. The molecule has 1 saturated heterocycles. The second kappa shape index (κ2) is 8.74. The van der Waals surface area contributed by atoms with E-state index in [0.717, 1.165) is 16.5 Å². The van der Waals surface area contributed by atoms with E-state index in [2.05, 4.69) is 9.97 Å². The molecule has 0 saturated carbocycles. The summed E-state index contributed by atoms with van der Waals surface area (Å²) in [5.41, 5.74) is 9.43. The van der Waals surface area contributed by atoms with Crippen molar-refractivity contribution in [2.45, 2.75) is 38.2 Å². The first-order valence-corrected chi connectivity index (χ1v) is 10.4. The molecule has 2 aromatic heterocycles. The number of rotatable bonds is 5. The first kappa shape index (κ1) is 22.0. The van der Waals surface area contributed by atoms with Gasteiger partial charge in [0.2, 0.25) is 5.91 Å². The molecule has 1 aromatic carbocycles. The second-order valence-corrected chi connectivity index (χ2v) is 8.12. The number of carbonyl (C=O) groups excluding carboxylic acids is 1. The maximum atomic E-state index is 15.3. The first-order valence-electron chi connectivity index (χ1n) is 10.4. The van der Waals surface area contributed by atoms with Gasteiger partial charge < -0.3 is 21.0 Å². The summed E-state index contributed by atoms with van der Waals surface area (Å²) in [5.74, 6) is -1.22. The fourth-order valence-corrected chi connectivity index (χ4v) is 4.57. The number of fused-ring (bicyclic) bond motifs is 1. The molecular formula is C23H24F3N5O. The van der Waals surface area contributed by atoms with Crippen LogP contribution in [0.4, 0.5) is 13.2 Å². The molecule has 3 aromatic rings. The summed E-state index contributed by atoms with van der Waals surface area (Å²) in [7, 11) is 0. The van der Waals surface area contributed by atoms with E-state index in [1.54, 1.807) is 18.5 Å². The Balaban J connectivity index is 1.60. The average Bonchev–Trinajstić information content (AvgIpc) is 3.21. The lowest BCUT2D eigenvalue weighted by Crippen LogP contribution is -2.50. The SMILES string of the molecule is Cc1cc(-c2ccnc3[nH]cc(C=N)c23)cc(F)c1C1CCN(C(=O)C(N)C(F)F)CC1. The van der Waals surface area contributed by atoms with Crippen molar-refractivity contribution in [2.75, 3.05) is 13.1 Å². The number of H-pyrrole nitrogens is 1. The Kier molecular flexibility index (Phi) is 6.01. The number of nitrogens with one attached hydrogen (secondary N) is 2. The third-order valence-electron chi connectivity index (χ3n) is 6.18. The Hall–Kier alpha value is -3.20. The largest absolute Gasteiger partial charge is 0.345 e. The van der Waals surface area contributed by atoms with Gasteiger partial charge in [0.05, 0.1) is 0 Å². The molecule has 3 heterocycles. The van der Waals surface area contributed by atoms with Crippen molar-refractivity contribution in [3.8, 4) is 11.1 Å². The van der Waals surface area contributed by atoms with Crippen LogP contribution >= 0.6 is 0 Å². The number of nitrogens with zero attached hydrogens (tertiary/aromatic N) is 2. The molecule has 1 amide bonds. The van der Waals surface area contributed by atoms with Gasteiger partial charge in [-0.3, -0.25) is 4.79 Å². The Morgan fingerprint density at radius 3 is 2.69 bits per heavy atom. The number of alkyl halides is 2. The number of hydrogen-bond donors (Lipinski definition) is 3. The number of hydrogen-bond acceptors (Lipinski definition) is 4. The number of halogens is 3. The number of pyridine rings is 1. The normalized spacial score (nSPS) is 16.0. The highest BCUT2D eigenvalue weighted by molar-refractivity contribution is 6.05. The van der Waals surface area contributed by atoms with Crippen LogP contribution < -0.4 is 5.73 Å². The number of benzene rings is 1. The topological polar surface area (TPSA) is 98.9 Å². The number of likely N-dealkylation sites (tertiary alicyclic amines) is 1. The van der Waals surface area contributed by atoms with E-state index in [1.807, 2.05) is 13.0 Å². The van der Waals surface area contributed by atoms with E-state index >= 15 is 4.39 Å². The number of piperidine rings is 1. The molecule has 0 spiro atoms. The summed E-state index contributed by atoms with van der Waals surface area (Å²) in [4.78, 5) is 20.7. The van der Waals surface area contributed by atoms with E-state index < -0.39 is 18.4 Å². The number of amides is 1. The lowest BCUT2D eigenvalue weighted by atomic mass is 9.84. The molecule has 168 valence electrons. The Bertz CT molecular complexity index is 1140. The quantitative estimate of drug-likeness (QED) is 0.520. The highest BCUT2D eigenvalue weighted by Gasteiger charge is 2.32. The first-order chi connectivity index (χ1) is 15.3. The van der Waals surface area contributed by atoms with E-state index in [1.165, 1.54) is 17.2 Å². The summed E-state index contributed by atoms with van der Waals surface area (Å²) >= 11 is 0. The molecule has 0 bridgehead atoms. The van der Waals surface area contributed by atoms with Crippen LogP contribution in [0.15, 0.2) is 30.6 Å². The van der Waals surface area contributed by atoms with Crippen molar-refractivity contribution >= 4 is 23.2 Å². The number of aromatic nitrogens is 2. The van der Waals surface area contributed by atoms with Crippen molar-refractivity contribution in [1.29, 1.82) is 5.41 Å². The van der Waals surface area contributed by atoms with Crippen LogP contribution in [0, 0.1) is 18.2 Å². The van der Waals surface area contributed by atoms with Gasteiger partial charge in [0, 0.05) is 42.6 Å². The molecule has 1 atom stereocenters. The van der Waals surface area contributed by atoms with Crippen LogP contribution in [0.3, 0.4) is 0 Å². The molecule has 1 aliphatic heterocycles. The highest BCUT2D eigenvalue weighted by Crippen LogP contribution is 2.37. The Morgan fingerprint density at radius 1 is 1.34 bits per heavy atom. The Morgan fingerprint density at radius 2 is 2.06 bits per heavy atom. The molecule has 0 radical (unpaired) electrons. The monoisotopic (exact) mass is 443 g/mol. The zero-order valence-electron chi connectivity index (χ0n) is 17.5. The van der Waals surface area contributed by atoms with E-state index in [0.29, 0.717) is 35.2 Å². The summed E-state index contributed by atoms with van der Waals surface area (Å²) in [6.45, 7) is 2.38. The third kappa shape index (κ3) is 3.88. The van der Waals surface area contributed by atoms with Gasteiger partial charge in [-0.25, -0.2) is 18.2 Å². The number of carbonyl (C=O) groups is 1. The molecule has 9 heteroatoms. The van der Waals surface area contributed by atoms with Crippen molar-refractivity contribution < 1.29 is 18.0 Å². The summed E-state index contributed by atoms with van der Waals surface area (Å²) in [6.07, 6.45) is 2.62. The van der Waals surface area contributed by atoms with E-state index in [-0.39, 0.29) is 24.8 Å². The summed E-state index contributed by atoms with van der Waals surface area (Å²) < 4.78 is 40.8. The molecule has 0 aliphatic carbocycles. The van der Waals surface area contributed by atoms with Crippen LogP contribution in [0.5, 0.6) is 0 Å². The number of aryl methyl sites for hydroxylation is 1. The van der Waals surface area contributed by atoms with Crippen LogP contribution in [-0.4, -0.2) is 52.5 Å². The van der Waals surface area contributed by atoms with Gasteiger partial charge in [-0.05, 0) is 60.1 Å². The molecule has 4 rings (SSSR count). The number of nitrogens with two attached hydrogens (primary N) is 1. The van der Waals surface area contributed by atoms with Crippen LogP contribution in [0.25, 0.3) is 22.2 Å². The maximum absolute atomic E-state index is 15.3. The van der Waals surface area contributed by atoms with Gasteiger partial charge in [0.25, 0.3) is 6.43 Å². The summed E-state index contributed by atoms with van der Waals surface area (Å²) in [6, 6.07) is 3.38. The van der Waals surface area contributed by atoms with Crippen molar-refractivity contribution in [3.63, 3.8) is 0 Å². The smallest absolute Gasteiger partial charge is 0.262 e. The summed E-state index contributed by atoms with van der Waals surface area (Å²) in [5, 5.41) is 8.39. The zero-order valence-corrected chi connectivity index (χ0v) is 17.5. The molecule has 6 nitrogen and oxygen atoms in total. The predicted molar refractivity (Wildman–Crippen MR) is 117 cm³/mol. The predicted octanol–water partition coefficient (Wildman–Crippen LogP) is 3.97. The average molecular weight is 443 g/mol. The minimum atomic E-state index is -2.90. The van der Waals surface area contributed by atoms with Crippen LogP contribution in [0.1, 0.15) is 35.4 Å². The van der Waals surface area contributed by atoms with E-state index in [9.17, 15) is 13.6 Å². The lowest BCUT2D eigenvalue weighted by Gasteiger charge is -2.34. The Labute approximate surface area is 183 Å². The molecule has 1 aliphatic rings. The van der Waals surface area contributed by atoms with Crippen LogP contribution in [-0.2, 0) is 4.79 Å².